The summed E-state index contributed by atoms with van der Waals surface area (Å²) in [5.74, 6) is 0. The van der Waals surface area contributed by atoms with Crippen molar-refractivity contribution in [1.29, 1.82) is 0 Å². The van der Waals surface area contributed by atoms with Crippen LogP contribution >= 0.6 is 11.6 Å². The molecule has 0 aromatic heterocycles. The van der Waals surface area contributed by atoms with Gasteiger partial charge >= 0.3 is 0 Å². The van der Waals surface area contributed by atoms with E-state index in [0.717, 1.165) is 31.2 Å². The van der Waals surface area contributed by atoms with Gasteiger partial charge in [0, 0.05) is 24.7 Å². The fraction of sp³-hybridized carbons (Fsp3) is 0.500. The molecule has 0 aliphatic carbocycles. The molecule has 0 spiro atoms. The Morgan fingerprint density at radius 2 is 1.67 bits per heavy atom. The van der Waals surface area contributed by atoms with Gasteiger partial charge in [0.1, 0.15) is 0 Å². The number of hydrogen-bond acceptors (Lipinski definition) is 2. The largest absolute Gasteiger partial charge is 0.315 e. The maximum Gasteiger partial charge on any atom is 0.0406 e. The van der Waals surface area contributed by atoms with E-state index >= 15 is 0 Å². The summed E-state index contributed by atoms with van der Waals surface area (Å²) in [7, 11) is 0. The van der Waals surface area contributed by atoms with E-state index in [-0.39, 0.29) is 0 Å². The van der Waals surface area contributed by atoms with Gasteiger partial charge in [-0.05, 0) is 30.7 Å². The van der Waals surface area contributed by atoms with Crippen molar-refractivity contribution in [3.05, 3.63) is 34.9 Å². The summed E-state index contributed by atoms with van der Waals surface area (Å²) in [6.07, 6.45) is 1.19. The first kappa shape index (κ1) is 12.5. The Balaban J connectivity index is 2.07. The van der Waals surface area contributed by atoms with Crippen LogP contribution in [0.4, 0.5) is 0 Å². The summed E-state index contributed by atoms with van der Waals surface area (Å²) in [5, 5.41) is 7.52. The maximum atomic E-state index is 5.80. The molecule has 0 atom stereocenters. The van der Waals surface area contributed by atoms with Gasteiger partial charge in [0.25, 0.3) is 0 Å². The van der Waals surface area contributed by atoms with Crippen molar-refractivity contribution < 1.29 is 0 Å². The summed E-state index contributed by atoms with van der Waals surface area (Å²) < 4.78 is 0. The second-order valence-corrected chi connectivity index (χ2v) is 3.99. The van der Waals surface area contributed by atoms with Crippen LogP contribution in [0.5, 0.6) is 0 Å². The summed E-state index contributed by atoms with van der Waals surface area (Å²) in [6.45, 7) is 6.21. The average molecular weight is 227 g/mol. The summed E-state index contributed by atoms with van der Waals surface area (Å²) in [6, 6.07) is 7.95. The van der Waals surface area contributed by atoms with Gasteiger partial charge in [0.15, 0.2) is 0 Å². The molecule has 2 nitrogen and oxygen atoms in total. The van der Waals surface area contributed by atoms with E-state index < -0.39 is 0 Å². The molecule has 0 radical (unpaired) electrons. The van der Waals surface area contributed by atoms with Gasteiger partial charge in [0.2, 0.25) is 0 Å². The van der Waals surface area contributed by atoms with Gasteiger partial charge < -0.3 is 10.6 Å². The maximum absolute atomic E-state index is 5.80. The van der Waals surface area contributed by atoms with E-state index in [1.165, 1.54) is 12.0 Å². The van der Waals surface area contributed by atoms with Crippen LogP contribution in [0.2, 0.25) is 5.02 Å². The van der Waals surface area contributed by atoms with Gasteiger partial charge in [-0.2, -0.15) is 0 Å². The van der Waals surface area contributed by atoms with E-state index in [2.05, 4.69) is 29.7 Å². The van der Waals surface area contributed by atoms with Crippen molar-refractivity contribution >= 4 is 11.6 Å². The van der Waals surface area contributed by atoms with Crippen LogP contribution < -0.4 is 10.6 Å². The topological polar surface area (TPSA) is 24.1 Å². The third-order valence-corrected chi connectivity index (χ3v) is 2.40. The standard InChI is InChI=1S/C12H19ClN2/c1-2-7-14-8-9-15-10-11-3-5-12(13)6-4-11/h3-6,14-15H,2,7-10H2,1H3. The van der Waals surface area contributed by atoms with Crippen LogP contribution in [0.15, 0.2) is 24.3 Å². The first-order chi connectivity index (χ1) is 7.33. The highest BCUT2D eigenvalue weighted by Gasteiger charge is 1.92. The lowest BCUT2D eigenvalue weighted by Gasteiger charge is -2.05. The molecule has 0 heterocycles. The molecule has 0 unspecified atom stereocenters. The fourth-order valence-corrected chi connectivity index (χ4v) is 1.44. The first-order valence-electron chi connectivity index (χ1n) is 5.49. The predicted octanol–water partition coefficient (Wildman–Crippen LogP) is 2.43. The molecule has 0 aliphatic rings. The van der Waals surface area contributed by atoms with Gasteiger partial charge in [0.05, 0.1) is 0 Å². The number of hydrogen-bond donors (Lipinski definition) is 2. The van der Waals surface area contributed by atoms with Crippen molar-refractivity contribution in [1.82, 2.24) is 10.6 Å². The summed E-state index contributed by atoms with van der Waals surface area (Å²) in [5.41, 5.74) is 1.27. The second kappa shape index (κ2) is 7.69. The van der Waals surface area contributed by atoms with Crippen LogP contribution in [0.1, 0.15) is 18.9 Å². The van der Waals surface area contributed by atoms with Crippen LogP contribution in [0, 0.1) is 0 Å². The van der Waals surface area contributed by atoms with E-state index in [9.17, 15) is 0 Å². The van der Waals surface area contributed by atoms with E-state index in [0.29, 0.717) is 0 Å². The lowest BCUT2D eigenvalue weighted by Crippen LogP contribution is -2.27. The monoisotopic (exact) mass is 226 g/mol. The lowest BCUT2D eigenvalue weighted by atomic mass is 10.2. The quantitative estimate of drug-likeness (QED) is 0.698. The summed E-state index contributed by atoms with van der Waals surface area (Å²) >= 11 is 5.80. The summed E-state index contributed by atoms with van der Waals surface area (Å²) in [4.78, 5) is 0. The number of rotatable bonds is 7. The second-order valence-electron chi connectivity index (χ2n) is 3.55. The van der Waals surface area contributed by atoms with Crippen LogP contribution in [-0.2, 0) is 6.54 Å². The molecular formula is C12H19ClN2. The van der Waals surface area contributed by atoms with Crippen LogP contribution in [0.25, 0.3) is 0 Å². The molecule has 0 saturated carbocycles. The molecular weight excluding hydrogens is 208 g/mol. The Morgan fingerprint density at radius 3 is 2.33 bits per heavy atom. The Kier molecular flexibility index (Phi) is 6.41. The van der Waals surface area contributed by atoms with Crippen molar-refractivity contribution in [2.45, 2.75) is 19.9 Å². The normalized spacial score (nSPS) is 10.5. The molecule has 0 saturated heterocycles. The zero-order valence-electron chi connectivity index (χ0n) is 9.22. The number of benzene rings is 1. The molecule has 1 aromatic carbocycles. The minimum atomic E-state index is 0.795. The molecule has 0 fully saturated rings. The molecule has 3 heteroatoms. The third-order valence-electron chi connectivity index (χ3n) is 2.15. The van der Waals surface area contributed by atoms with Gasteiger partial charge in [-0.1, -0.05) is 30.7 Å². The zero-order chi connectivity index (χ0) is 10.9. The highest BCUT2D eigenvalue weighted by Crippen LogP contribution is 2.08. The lowest BCUT2D eigenvalue weighted by molar-refractivity contribution is 0.607. The Morgan fingerprint density at radius 1 is 1.00 bits per heavy atom. The average Bonchev–Trinajstić information content (AvgIpc) is 2.26. The van der Waals surface area contributed by atoms with E-state index in [4.69, 9.17) is 11.6 Å². The van der Waals surface area contributed by atoms with Crippen molar-refractivity contribution in [3.63, 3.8) is 0 Å². The van der Waals surface area contributed by atoms with Gasteiger partial charge in [-0.25, -0.2) is 0 Å². The highest BCUT2D eigenvalue weighted by molar-refractivity contribution is 6.30. The van der Waals surface area contributed by atoms with Crippen molar-refractivity contribution in [2.75, 3.05) is 19.6 Å². The SMILES string of the molecule is CCCNCCNCc1ccc(Cl)cc1. The van der Waals surface area contributed by atoms with Crippen molar-refractivity contribution in [3.8, 4) is 0 Å². The Labute approximate surface area is 97.0 Å². The van der Waals surface area contributed by atoms with E-state index in [1.54, 1.807) is 0 Å². The van der Waals surface area contributed by atoms with Gasteiger partial charge in [-0.3, -0.25) is 0 Å². The van der Waals surface area contributed by atoms with Crippen molar-refractivity contribution in [2.24, 2.45) is 0 Å². The molecule has 0 aliphatic heterocycles. The molecule has 2 N–H and O–H groups in total. The first-order valence-corrected chi connectivity index (χ1v) is 5.86. The molecule has 15 heavy (non-hydrogen) atoms. The van der Waals surface area contributed by atoms with Crippen LogP contribution in [0.3, 0.4) is 0 Å². The molecule has 0 bridgehead atoms. The molecule has 1 aromatic rings. The smallest absolute Gasteiger partial charge is 0.0406 e. The Hall–Kier alpha value is -0.570. The van der Waals surface area contributed by atoms with Gasteiger partial charge in [-0.15, -0.1) is 0 Å². The number of nitrogens with one attached hydrogen (secondary N) is 2. The van der Waals surface area contributed by atoms with E-state index in [1.807, 2.05) is 12.1 Å². The Bertz CT molecular complexity index is 259. The highest BCUT2D eigenvalue weighted by atomic mass is 35.5. The minimum Gasteiger partial charge on any atom is -0.315 e. The molecule has 1 rings (SSSR count). The van der Waals surface area contributed by atoms with Crippen LogP contribution in [-0.4, -0.2) is 19.6 Å². The molecule has 0 amide bonds. The number of halogens is 1. The zero-order valence-corrected chi connectivity index (χ0v) is 9.98. The predicted molar refractivity (Wildman–Crippen MR) is 66.3 cm³/mol. The minimum absolute atomic E-state index is 0.795. The fourth-order valence-electron chi connectivity index (χ4n) is 1.31. The third kappa shape index (κ3) is 5.78. The molecule has 84 valence electrons.